The van der Waals surface area contributed by atoms with Gasteiger partial charge in [0.05, 0.1) is 27.8 Å². The third-order valence-electron chi connectivity index (χ3n) is 2.16. The summed E-state index contributed by atoms with van der Waals surface area (Å²) in [5.41, 5.74) is 1.08. The third kappa shape index (κ3) is 3.06. The molecule has 0 saturated carbocycles. The number of anilines is 1. The molecule has 7 heteroatoms. The van der Waals surface area contributed by atoms with Crippen molar-refractivity contribution in [1.82, 2.24) is 4.98 Å². The maximum atomic E-state index is 9.01. The van der Waals surface area contributed by atoms with Crippen LogP contribution in [0.4, 0.5) is 5.69 Å². The summed E-state index contributed by atoms with van der Waals surface area (Å²) in [5.74, 6) is 0. The first-order chi connectivity index (χ1) is 8.60. The molecule has 0 saturated heterocycles. The summed E-state index contributed by atoms with van der Waals surface area (Å²) in [4.78, 5) is 4.90. The first-order valence-electron chi connectivity index (χ1n) is 4.83. The van der Waals surface area contributed by atoms with Gasteiger partial charge in [-0.2, -0.15) is 5.26 Å². The molecule has 1 aromatic heterocycles. The lowest BCUT2D eigenvalue weighted by molar-refractivity contribution is 1.17. The van der Waals surface area contributed by atoms with E-state index in [1.807, 2.05) is 0 Å². The van der Waals surface area contributed by atoms with E-state index < -0.39 is 0 Å². The molecular formula is C11H6Cl3N3S. The summed E-state index contributed by atoms with van der Waals surface area (Å²) < 4.78 is 0.487. The van der Waals surface area contributed by atoms with Crippen molar-refractivity contribution in [3.8, 4) is 6.07 Å². The van der Waals surface area contributed by atoms with Crippen LogP contribution in [0.25, 0.3) is 0 Å². The molecule has 0 spiro atoms. The van der Waals surface area contributed by atoms with Gasteiger partial charge in [0.25, 0.3) is 0 Å². The highest BCUT2D eigenvalue weighted by Gasteiger charge is 2.08. The number of nitrogens with one attached hydrogen (secondary N) is 1. The number of hydrogen-bond donors (Lipinski definition) is 1. The van der Waals surface area contributed by atoms with Crippen LogP contribution >= 0.6 is 46.1 Å². The fourth-order valence-corrected chi connectivity index (χ4v) is 2.58. The number of rotatable bonds is 3. The summed E-state index contributed by atoms with van der Waals surface area (Å²) in [6.07, 6.45) is 1.68. The average molecular weight is 319 g/mol. The minimum atomic E-state index is 0.361. The molecule has 0 unspecified atom stereocenters. The van der Waals surface area contributed by atoms with Crippen LogP contribution in [0, 0.1) is 11.3 Å². The second kappa shape index (κ2) is 5.77. The van der Waals surface area contributed by atoms with Crippen LogP contribution in [-0.2, 0) is 6.54 Å². The minimum absolute atomic E-state index is 0.361. The Hall–Kier alpha value is -0.990. The van der Waals surface area contributed by atoms with Crippen LogP contribution in [0.2, 0.25) is 14.5 Å². The molecule has 1 heterocycles. The Labute approximate surface area is 123 Å². The van der Waals surface area contributed by atoms with Crippen LogP contribution in [0.3, 0.4) is 0 Å². The van der Waals surface area contributed by atoms with Crippen molar-refractivity contribution in [2.24, 2.45) is 0 Å². The molecule has 3 nitrogen and oxygen atoms in total. The standard InChI is InChI=1S/C11H6Cl3N3S/c12-8-1-6(3-15)10(2-9(8)13)16-4-7-5-17-11(14)18-7/h1-2,5,16H,4H2. The van der Waals surface area contributed by atoms with Crippen LogP contribution < -0.4 is 5.32 Å². The van der Waals surface area contributed by atoms with Crippen LogP contribution in [0.15, 0.2) is 18.3 Å². The molecule has 0 radical (unpaired) electrons. The number of halogens is 3. The second-order valence-corrected chi connectivity index (χ2v) is 5.87. The van der Waals surface area contributed by atoms with E-state index in [2.05, 4.69) is 16.4 Å². The molecule has 0 aliphatic heterocycles. The number of aromatic nitrogens is 1. The van der Waals surface area contributed by atoms with E-state index >= 15 is 0 Å². The highest BCUT2D eigenvalue weighted by molar-refractivity contribution is 7.15. The summed E-state index contributed by atoms with van der Waals surface area (Å²) in [6, 6.07) is 5.22. The Morgan fingerprint density at radius 1 is 1.28 bits per heavy atom. The van der Waals surface area contributed by atoms with Gasteiger partial charge in [-0.1, -0.05) is 34.8 Å². The molecule has 92 valence electrons. The van der Waals surface area contributed by atoms with E-state index in [9.17, 15) is 0 Å². The molecule has 1 aromatic carbocycles. The van der Waals surface area contributed by atoms with E-state index in [4.69, 9.17) is 40.1 Å². The lowest BCUT2D eigenvalue weighted by atomic mass is 10.2. The topological polar surface area (TPSA) is 48.7 Å². The number of benzene rings is 1. The minimum Gasteiger partial charge on any atom is -0.379 e. The number of thiazole rings is 1. The number of nitrogens with zero attached hydrogens (tertiary/aromatic N) is 2. The molecule has 18 heavy (non-hydrogen) atoms. The molecule has 0 atom stereocenters. The molecule has 0 fully saturated rings. The molecule has 0 aliphatic carbocycles. The van der Waals surface area contributed by atoms with Crippen molar-refractivity contribution in [2.75, 3.05) is 5.32 Å². The predicted octanol–water partition coefficient (Wildman–Crippen LogP) is 4.59. The predicted molar refractivity (Wildman–Crippen MR) is 75.6 cm³/mol. The van der Waals surface area contributed by atoms with Crippen LogP contribution in [0.1, 0.15) is 10.4 Å². The molecule has 0 aliphatic rings. The lowest BCUT2D eigenvalue weighted by Crippen LogP contribution is -2.00. The van der Waals surface area contributed by atoms with Gasteiger partial charge in [0.1, 0.15) is 6.07 Å². The molecular weight excluding hydrogens is 313 g/mol. The van der Waals surface area contributed by atoms with Gasteiger partial charge in [-0.05, 0) is 12.1 Å². The fraction of sp³-hybridized carbons (Fsp3) is 0.0909. The quantitative estimate of drug-likeness (QED) is 0.900. The highest BCUT2D eigenvalue weighted by atomic mass is 35.5. The summed E-state index contributed by atoms with van der Waals surface area (Å²) >= 11 is 18.9. The molecule has 1 N–H and O–H groups in total. The Morgan fingerprint density at radius 2 is 2.00 bits per heavy atom. The van der Waals surface area contributed by atoms with Gasteiger partial charge in [0.15, 0.2) is 4.47 Å². The van der Waals surface area contributed by atoms with Crippen LogP contribution in [-0.4, -0.2) is 4.98 Å². The van der Waals surface area contributed by atoms with Gasteiger partial charge in [-0.3, -0.25) is 0 Å². The second-order valence-electron chi connectivity index (χ2n) is 3.36. The number of nitriles is 1. The molecule has 0 bridgehead atoms. The zero-order chi connectivity index (χ0) is 13.1. The summed E-state index contributed by atoms with van der Waals surface area (Å²) in [6.45, 7) is 0.525. The Balaban J connectivity index is 2.19. The molecule has 2 aromatic rings. The zero-order valence-corrected chi connectivity index (χ0v) is 12.0. The lowest BCUT2D eigenvalue weighted by Gasteiger charge is -2.08. The van der Waals surface area contributed by atoms with Crippen molar-refractivity contribution >= 4 is 51.8 Å². The van der Waals surface area contributed by atoms with E-state index in [-0.39, 0.29) is 0 Å². The molecule has 2 rings (SSSR count). The smallest absolute Gasteiger partial charge is 0.183 e. The first kappa shape index (κ1) is 13.4. The van der Waals surface area contributed by atoms with Gasteiger partial charge in [0.2, 0.25) is 0 Å². The Bertz CT molecular complexity index is 618. The maximum absolute atomic E-state index is 9.01. The van der Waals surface area contributed by atoms with E-state index in [0.29, 0.717) is 32.3 Å². The van der Waals surface area contributed by atoms with Crippen molar-refractivity contribution in [1.29, 1.82) is 5.26 Å². The first-order valence-corrected chi connectivity index (χ1v) is 6.78. The van der Waals surface area contributed by atoms with E-state index in [1.165, 1.54) is 17.4 Å². The van der Waals surface area contributed by atoms with Gasteiger partial charge in [-0.15, -0.1) is 11.3 Å². The normalized spacial score (nSPS) is 10.1. The maximum Gasteiger partial charge on any atom is 0.183 e. The summed E-state index contributed by atoms with van der Waals surface area (Å²) in [7, 11) is 0. The van der Waals surface area contributed by atoms with Crippen molar-refractivity contribution in [3.63, 3.8) is 0 Å². The van der Waals surface area contributed by atoms with E-state index in [0.717, 1.165) is 4.88 Å². The van der Waals surface area contributed by atoms with Crippen molar-refractivity contribution in [2.45, 2.75) is 6.54 Å². The van der Waals surface area contributed by atoms with Gasteiger partial charge < -0.3 is 5.32 Å². The SMILES string of the molecule is N#Cc1cc(Cl)c(Cl)cc1NCc1cnc(Cl)s1. The summed E-state index contributed by atoms with van der Waals surface area (Å²) in [5, 5.41) is 12.9. The monoisotopic (exact) mass is 317 g/mol. The average Bonchev–Trinajstić information content (AvgIpc) is 2.76. The van der Waals surface area contributed by atoms with Crippen molar-refractivity contribution < 1.29 is 0 Å². The van der Waals surface area contributed by atoms with Gasteiger partial charge >= 0.3 is 0 Å². The van der Waals surface area contributed by atoms with Gasteiger partial charge in [0, 0.05) is 11.1 Å². The fourth-order valence-electron chi connectivity index (χ4n) is 1.33. The van der Waals surface area contributed by atoms with Gasteiger partial charge in [-0.25, -0.2) is 4.98 Å². The Morgan fingerprint density at radius 3 is 2.61 bits per heavy atom. The zero-order valence-electron chi connectivity index (χ0n) is 8.88. The number of hydrogen-bond acceptors (Lipinski definition) is 4. The largest absolute Gasteiger partial charge is 0.379 e. The highest BCUT2D eigenvalue weighted by Crippen LogP contribution is 2.29. The van der Waals surface area contributed by atoms with Crippen molar-refractivity contribution in [3.05, 3.63) is 43.3 Å². The Kier molecular flexibility index (Phi) is 4.31. The third-order valence-corrected chi connectivity index (χ3v) is 4.00. The van der Waals surface area contributed by atoms with Crippen LogP contribution in [0.5, 0.6) is 0 Å². The molecule has 0 amide bonds. The van der Waals surface area contributed by atoms with E-state index in [1.54, 1.807) is 12.3 Å².